The topological polar surface area (TPSA) is 122 Å². The summed E-state index contributed by atoms with van der Waals surface area (Å²) in [5.41, 5.74) is 5.95. The quantitative estimate of drug-likeness (QED) is 0.588. The van der Waals surface area contributed by atoms with Crippen molar-refractivity contribution in [2.45, 2.75) is 25.8 Å². The van der Waals surface area contributed by atoms with Crippen molar-refractivity contribution in [2.75, 3.05) is 31.1 Å². The zero-order chi connectivity index (χ0) is 18.4. The molecule has 0 unspecified atom stereocenters. The number of nitrogens with zero attached hydrogens (tertiary/aromatic N) is 3. The maximum Gasteiger partial charge on any atom is 0.312 e. The molecule has 1 saturated heterocycles. The number of non-ortho nitro benzene ring substituents is 1. The number of hydrogen-bond donors (Lipinski definition) is 2. The van der Waals surface area contributed by atoms with Crippen molar-refractivity contribution < 1.29 is 14.5 Å². The first-order valence-electron chi connectivity index (χ1n) is 8.26. The fourth-order valence-corrected chi connectivity index (χ4v) is 2.93. The largest absolute Gasteiger partial charge is 0.368 e. The Bertz CT molecular complexity index is 643. The van der Waals surface area contributed by atoms with Crippen LogP contribution in [0.15, 0.2) is 24.3 Å². The van der Waals surface area contributed by atoms with Crippen LogP contribution >= 0.6 is 0 Å². The lowest BCUT2D eigenvalue weighted by atomic mass is 10.1. The Kier molecular flexibility index (Phi) is 6.15. The number of hydrogen-bond acceptors (Lipinski definition) is 5. The highest BCUT2D eigenvalue weighted by molar-refractivity contribution is 5.86. The minimum Gasteiger partial charge on any atom is -0.368 e. The molecule has 1 aromatic carbocycles. The van der Waals surface area contributed by atoms with Crippen LogP contribution in [0.4, 0.5) is 16.2 Å². The van der Waals surface area contributed by atoms with E-state index in [0.717, 1.165) is 12.1 Å². The van der Waals surface area contributed by atoms with E-state index in [2.05, 4.69) is 5.32 Å². The summed E-state index contributed by atoms with van der Waals surface area (Å²) in [5, 5.41) is 13.4. The number of nitro groups is 1. The summed E-state index contributed by atoms with van der Waals surface area (Å²) < 4.78 is 0. The Labute approximate surface area is 145 Å². The van der Waals surface area contributed by atoms with Crippen molar-refractivity contribution in [3.8, 4) is 0 Å². The van der Waals surface area contributed by atoms with Crippen molar-refractivity contribution in [3.63, 3.8) is 0 Å². The Morgan fingerprint density at radius 1 is 1.32 bits per heavy atom. The third-order valence-corrected chi connectivity index (χ3v) is 4.19. The van der Waals surface area contributed by atoms with Gasteiger partial charge in [-0.05, 0) is 12.5 Å². The van der Waals surface area contributed by atoms with Crippen LogP contribution in [0.3, 0.4) is 0 Å². The zero-order valence-electron chi connectivity index (χ0n) is 14.2. The van der Waals surface area contributed by atoms with Crippen molar-refractivity contribution in [1.82, 2.24) is 10.2 Å². The highest BCUT2D eigenvalue weighted by Gasteiger charge is 2.28. The zero-order valence-corrected chi connectivity index (χ0v) is 14.2. The second-order valence-corrected chi connectivity index (χ2v) is 5.94. The minimum absolute atomic E-state index is 0.0460. The number of carbonyl (C=O) groups excluding carboxylic acids is 2. The molecule has 9 nitrogen and oxygen atoms in total. The number of carbonyl (C=O) groups is 2. The van der Waals surface area contributed by atoms with Crippen LogP contribution in [0.25, 0.3) is 0 Å². The van der Waals surface area contributed by atoms with Gasteiger partial charge < -0.3 is 20.9 Å². The molecule has 2 rings (SSSR count). The first-order chi connectivity index (χ1) is 11.9. The number of urea groups is 1. The molecule has 136 valence electrons. The number of rotatable bonds is 6. The number of primary amides is 1. The number of nitrogens with one attached hydrogen (secondary N) is 1. The van der Waals surface area contributed by atoms with Gasteiger partial charge in [-0.3, -0.25) is 14.9 Å². The Morgan fingerprint density at radius 2 is 2.00 bits per heavy atom. The summed E-state index contributed by atoms with van der Waals surface area (Å²) in [6.45, 7) is 4.05. The fourth-order valence-electron chi connectivity index (χ4n) is 2.93. The van der Waals surface area contributed by atoms with Gasteiger partial charge in [-0.15, -0.1) is 0 Å². The fraction of sp³-hybridized carbons (Fsp3) is 0.500. The second kappa shape index (κ2) is 8.32. The van der Waals surface area contributed by atoms with Gasteiger partial charge in [0.15, 0.2) is 0 Å². The molecule has 1 aromatic rings. The Morgan fingerprint density at radius 3 is 2.56 bits per heavy atom. The standard InChI is InChI=1S/C16H23N5O4/c1-2-4-14(18-16(17)23)15(22)20-9-7-19(8-10-20)12-5-3-6-13(11-12)21(24)25/h3,5-6,11,14H,2,4,7-10H2,1H3,(H3,17,18,23)/t14-/m1/s1. The van der Waals surface area contributed by atoms with Gasteiger partial charge in [-0.1, -0.05) is 19.4 Å². The van der Waals surface area contributed by atoms with Crippen LogP contribution in [0.2, 0.25) is 0 Å². The molecule has 1 heterocycles. The van der Waals surface area contributed by atoms with Crippen LogP contribution in [0.5, 0.6) is 0 Å². The number of piperazine rings is 1. The Hall–Kier alpha value is -2.84. The molecule has 0 bridgehead atoms. The SMILES string of the molecule is CCC[C@@H](NC(N)=O)C(=O)N1CCN(c2cccc([N+](=O)[O-])c2)CC1. The van der Waals surface area contributed by atoms with E-state index in [9.17, 15) is 19.7 Å². The van der Waals surface area contributed by atoms with Crippen LogP contribution in [-0.2, 0) is 4.79 Å². The molecule has 25 heavy (non-hydrogen) atoms. The molecule has 1 fully saturated rings. The van der Waals surface area contributed by atoms with Crippen LogP contribution < -0.4 is 16.0 Å². The normalized spacial score (nSPS) is 15.6. The van der Waals surface area contributed by atoms with E-state index in [1.807, 2.05) is 17.9 Å². The van der Waals surface area contributed by atoms with Crippen LogP contribution in [-0.4, -0.2) is 54.0 Å². The predicted octanol–water partition coefficient (Wildman–Crippen LogP) is 1.08. The van der Waals surface area contributed by atoms with Gasteiger partial charge in [0.1, 0.15) is 6.04 Å². The molecule has 0 aliphatic carbocycles. The molecule has 0 radical (unpaired) electrons. The lowest BCUT2D eigenvalue weighted by Crippen LogP contribution is -2.55. The molecule has 0 spiro atoms. The van der Waals surface area contributed by atoms with Crippen LogP contribution in [0, 0.1) is 10.1 Å². The molecule has 1 aliphatic heterocycles. The summed E-state index contributed by atoms with van der Waals surface area (Å²) in [7, 11) is 0. The number of nitro benzene ring substituents is 1. The predicted molar refractivity (Wildman–Crippen MR) is 93.3 cm³/mol. The summed E-state index contributed by atoms with van der Waals surface area (Å²) >= 11 is 0. The van der Waals surface area contributed by atoms with Crippen molar-refractivity contribution >= 4 is 23.3 Å². The average molecular weight is 349 g/mol. The molecule has 1 aliphatic rings. The van der Waals surface area contributed by atoms with E-state index in [-0.39, 0.29) is 11.6 Å². The number of amides is 3. The molecule has 9 heteroatoms. The van der Waals surface area contributed by atoms with E-state index in [0.29, 0.717) is 32.6 Å². The third kappa shape index (κ3) is 4.82. The van der Waals surface area contributed by atoms with Gasteiger partial charge in [0.05, 0.1) is 4.92 Å². The number of nitrogens with two attached hydrogens (primary N) is 1. The van der Waals surface area contributed by atoms with E-state index < -0.39 is 17.0 Å². The Balaban J connectivity index is 1.98. The average Bonchev–Trinajstić information content (AvgIpc) is 2.60. The van der Waals surface area contributed by atoms with E-state index >= 15 is 0 Å². The van der Waals surface area contributed by atoms with Gasteiger partial charge in [0, 0.05) is 44.0 Å². The number of benzene rings is 1. The molecule has 1 atom stereocenters. The summed E-state index contributed by atoms with van der Waals surface area (Å²) in [6, 6.07) is 5.15. The summed E-state index contributed by atoms with van der Waals surface area (Å²) in [6.07, 6.45) is 1.29. The molecule has 0 aromatic heterocycles. The van der Waals surface area contributed by atoms with Gasteiger partial charge >= 0.3 is 6.03 Å². The molecule has 3 amide bonds. The highest BCUT2D eigenvalue weighted by Crippen LogP contribution is 2.22. The van der Waals surface area contributed by atoms with E-state index in [1.165, 1.54) is 12.1 Å². The summed E-state index contributed by atoms with van der Waals surface area (Å²) in [5.74, 6) is -0.139. The highest BCUT2D eigenvalue weighted by atomic mass is 16.6. The van der Waals surface area contributed by atoms with Gasteiger partial charge in [-0.25, -0.2) is 4.79 Å². The lowest BCUT2D eigenvalue weighted by Gasteiger charge is -2.37. The van der Waals surface area contributed by atoms with E-state index in [1.54, 1.807) is 11.0 Å². The lowest BCUT2D eigenvalue weighted by molar-refractivity contribution is -0.384. The monoisotopic (exact) mass is 349 g/mol. The minimum atomic E-state index is -0.706. The molecule has 0 saturated carbocycles. The molecular weight excluding hydrogens is 326 g/mol. The van der Waals surface area contributed by atoms with E-state index in [4.69, 9.17) is 5.73 Å². The smallest absolute Gasteiger partial charge is 0.312 e. The van der Waals surface area contributed by atoms with Crippen molar-refractivity contribution in [2.24, 2.45) is 5.73 Å². The molecular formula is C16H23N5O4. The first-order valence-corrected chi connectivity index (χ1v) is 8.26. The maximum absolute atomic E-state index is 12.6. The van der Waals surface area contributed by atoms with Gasteiger partial charge in [0.25, 0.3) is 5.69 Å². The van der Waals surface area contributed by atoms with Crippen molar-refractivity contribution in [1.29, 1.82) is 0 Å². The van der Waals surface area contributed by atoms with Gasteiger partial charge in [-0.2, -0.15) is 0 Å². The van der Waals surface area contributed by atoms with Crippen molar-refractivity contribution in [3.05, 3.63) is 34.4 Å². The third-order valence-electron chi connectivity index (χ3n) is 4.19. The first kappa shape index (κ1) is 18.5. The summed E-state index contributed by atoms with van der Waals surface area (Å²) in [4.78, 5) is 37.8. The van der Waals surface area contributed by atoms with Gasteiger partial charge in [0.2, 0.25) is 5.91 Å². The number of anilines is 1. The van der Waals surface area contributed by atoms with Crippen LogP contribution in [0.1, 0.15) is 19.8 Å². The maximum atomic E-state index is 12.6. The molecule has 3 N–H and O–H groups in total. The second-order valence-electron chi connectivity index (χ2n) is 5.94.